The molecule has 0 spiro atoms. The molecule has 222 valence electrons. The maximum absolute atomic E-state index is 6.72. The minimum atomic E-state index is -0.179. The number of anilines is 1. The molecule has 2 aliphatic rings. The molecule has 40 heavy (non-hydrogen) atoms. The van der Waals surface area contributed by atoms with Crippen LogP contribution in [0, 0.1) is 5.92 Å². The van der Waals surface area contributed by atoms with E-state index in [4.69, 9.17) is 28.4 Å². The number of fused-ring (bicyclic) bond motifs is 1. The van der Waals surface area contributed by atoms with E-state index in [1.807, 2.05) is 0 Å². The van der Waals surface area contributed by atoms with Gasteiger partial charge < -0.3 is 33.3 Å². The Morgan fingerprint density at radius 1 is 0.950 bits per heavy atom. The Hall–Kier alpha value is -2.32. The first-order valence-electron chi connectivity index (χ1n) is 14.8. The fraction of sp³-hybridized carbons (Fsp3) is 0.636. The molecule has 1 fully saturated rings. The average Bonchev–Trinajstić information content (AvgIpc) is 2.96. The first kappa shape index (κ1) is 30.6. The highest BCUT2D eigenvalue weighted by Crippen LogP contribution is 2.42. The molecule has 7 heteroatoms. The highest BCUT2D eigenvalue weighted by Gasteiger charge is 2.35. The third-order valence-corrected chi connectivity index (χ3v) is 8.22. The van der Waals surface area contributed by atoms with Gasteiger partial charge in [-0.1, -0.05) is 18.2 Å². The lowest BCUT2D eigenvalue weighted by molar-refractivity contribution is -0.0647. The molecule has 2 aromatic carbocycles. The van der Waals surface area contributed by atoms with E-state index in [1.54, 1.807) is 21.3 Å². The Bertz CT molecular complexity index is 1030. The largest absolute Gasteiger partial charge is 0.497 e. The van der Waals surface area contributed by atoms with Crippen LogP contribution < -0.4 is 14.4 Å². The van der Waals surface area contributed by atoms with Gasteiger partial charge in [0.2, 0.25) is 0 Å². The van der Waals surface area contributed by atoms with Crippen LogP contribution in [0.15, 0.2) is 42.5 Å². The topological polar surface area (TPSA) is 58.6 Å². The number of hydrogen-bond donors (Lipinski definition) is 0. The van der Waals surface area contributed by atoms with Gasteiger partial charge in [-0.25, -0.2) is 0 Å². The lowest BCUT2D eigenvalue weighted by atomic mass is 9.73. The minimum absolute atomic E-state index is 0.159. The molecular formula is C33H49NO6. The zero-order valence-electron chi connectivity index (χ0n) is 25.2. The van der Waals surface area contributed by atoms with Gasteiger partial charge in [-0.15, -0.1) is 0 Å². The molecule has 0 bridgehead atoms. The van der Waals surface area contributed by atoms with E-state index in [1.165, 1.54) is 11.1 Å². The van der Waals surface area contributed by atoms with Crippen LogP contribution in [0.3, 0.4) is 0 Å². The lowest BCUT2D eigenvalue weighted by Crippen LogP contribution is -2.35. The first-order chi connectivity index (χ1) is 19.4. The van der Waals surface area contributed by atoms with E-state index in [0.717, 1.165) is 75.6 Å². The maximum Gasteiger partial charge on any atom is 0.142 e. The van der Waals surface area contributed by atoms with Crippen LogP contribution in [0.4, 0.5) is 5.69 Å². The molecule has 0 amide bonds. The van der Waals surface area contributed by atoms with Crippen molar-refractivity contribution in [2.24, 2.45) is 5.92 Å². The van der Waals surface area contributed by atoms with Gasteiger partial charge in [-0.3, -0.25) is 0 Å². The smallest absolute Gasteiger partial charge is 0.142 e. The van der Waals surface area contributed by atoms with E-state index in [-0.39, 0.29) is 11.7 Å². The zero-order valence-corrected chi connectivity index (χ0v) is 25.2. The first-order valence-corrected chi connectivity index (χ1v) is 14.8. The predicted octanol–water partition coefficient (Wildman–Crippen LogP) is 6.23. The van der Waals surface area contributed by atoms with Crippen molar-refractivity contribution in [1.29, 1.82) is 0 Å². The van der Waals surface area contributed by atoms with Crippen LogP contribution in [-0.2, 0) is 25.6 Å². The highest BCUT2D eigenvalue weighted by molar-refractivity contribution is 5.61. The molecule has 1 aliphatic heterocycles. The summed E-state index contributed by atoms with van der Waals surface area (Å²) in [7, 11) is 5.19. The van der Waals surface area contributed by atoms with Crippen LogP contribution in [0.25, 0.3) is 0 Å². The van der Waals surface area contributed by atoms with Gasteiger partial charge in [0, 0.05) is 33.3 Å². The fourth-order valence-electron chi connectivity index (χ4n) is 6.22. The Morgan fingerprint density at radius 3 is 2.50 bits per heavy atom. The van der Waals surface area contributed by atoms with E-state index < -0.39 is 0 Å². The summed E-state index contributed by atoms with van der Waals surface area (Å²) in [4.78, 5) is 2.41. The summed E-state index contributed by atoms with van der Waals surface area (Å²) in [6.45, 7) is 9.58. The predicted molar refractivity (Wildman–Crippen MR) is 159 cm³/mol. The molecule has 4 rings (SSSR count). The average molecular weight is 556 g/mol. The summed E-state index contributed by atoms with van der Waals surface area (Å²) in [6.07, 6.45) is 5.44. The highest BCUT2D eigenvalue weighted by atomic mass is 16.5. The second-order valence-corrected chi connectivity index (χ2v) is 11.7. The zero-order chi connectivity index (χ0) is 28.4. The van der Waals surface area contributed by atoms with E-state index in [9.17, 15) is 0 Å². The molecule has 2 aromatic rings. The van der Waals surface area contributed by atoms with Crippen molar-refractivity contribution in [3.05, 3.63) is 53.6 Å². The number of ether oxygens (including phenoxy) is 6. The Morgan fingerprint density at radius 2 is 1.75 bits per heavy atom. The lowest BCUT2D eigenvalue weighted by Gasteiger charge is -2.39. The van der Waals surface area contributed by atoms with Crippen LogP contribution in [0.2, 0.25) is 0 Å². The van der Waals surface area contributed by atoms with Gasteiger partial charge in [-0.2, -0.15) is 0 Å². The molecule has 0 radical (unpaired) electrons. The van der Waals surface area contributed by atoms with Crippen molar-refractivity contribution in [3.8, 4) is 11.5 Å². The molecular weight excluding hydrogens is 506 g/mol. The molecule has 1 saturated carbocycles. The summed E-state index contributed by atoms with van der Waals surface area (Å²) >= 11 is 0. The number of rotatable bonds is 15. The number of nitrogens with zero attached hydrogens (tertiary/aromatic N) is 1. The van der Waals surface area contributed by atoms with Crippen molar-refractivity contribution >= 4 is 5.69 Å². The quantitative estimate of drug-likeness (QED) is 0.241. The minimum Gasteiger partial charge on any atom is -0.497 e. The van der Waals surface area contributed by atoms with Crippen molar-refractivity contribution in [2.45, 2.75) is 70.2 Å². The maximum atomic E-state index is 6.72. The van der Waals surface area contributed by atoms with Crippen LogP contribution in [0.5, 0.6) is 11.5 Å². The van der Waals surface area contributed by atoms with Crippen LogP contribution >= 0.6 is 0 Å². The summed E-state index contributed by atoms with van der Waals surface area (Å²) < 4.78 is 34.7. The van der Waals surface area contributed by atoms with Crippen LogP contribution in [-0.4, -0.2) is 72.6 Å². The Balaban J connectivity index is 1.44. The summed E-state index contributed by atoms with van der Waals surface area (Å²) in [6, 6.07) is 15.0. The van der Waals surface area contributed by atoms with Gasteiger partial charge in [0.15, 0.2) is 0 Å². The van der Waals surface area contributed by atoms with Crippen molar-refractivity contribution < 1.29 is 28.4 Å². The van der Waals surface area contributed by atoms with Crippen molar-refractivity contribution in [2.75, 3.05) is 65.7 Å². The molecule has 3 atom stereocenters. The molecule has 7 nitrogen and oxygen atoms in total. The monoisotopic (exact) mass is 555 g/mol. The summed E-state index contributed by atoms with van der Waals surface area (Å²) in [5.41, 5.74) is 3.48. The summed E-state index contributed by atoms with van der Waals surface area (Å²) in [5.74, 6) is 2.74. The third-order valence-electron chi connectivity index (χ3n) is 8.22. The van der Waals surface area contributed by atoms with Gasteiger partial charge >= 0.3 is 0 Å². The molecule has 0 unspecified atom stereocenters. The van der Waals surface area contributed by atoms with Crippen LogP contribution in [0.1, 0.15) is 63.0 Å². The summed E-state index contributed by atoms with van der Waals surface area (Å²) in [5, 5.41) is 0. The molecule has 0 N–H and O–H groups in total. The van der Waals surface area contributed by atoms with Crippen molar-refractivity contribution in [3.63, 3.8) is 0 Å². The van der Waals surface area contributed by atoms with Crippen molar-refractivity contribution in [1.82, 2.24) is 0 Å². The Labute approximate surface area is 241 Å². The molecule has 0 aromatic heterocycles. The van der Waals surface area contributed by atoms with Gasteiger partial charge in [-0.05, 0) is 87.3 Å². The number of benzene rings is 2. The SMILES string of the molecule is COCCCN1CCOc2ccc(CO[C@H]3CC[C@@H](CC(C)(C)OCCOC)C[C@@H]3c3ccc(OC)cc3)cc21. The molecule has 0 saturated heterocycles. The molecule has 1 heterocycles. The van der Waals surface area contributed by atoms with E-state index in [0.29, 0.717) is 31.7 Å². The van der Waals surface area contributed by atoms with Gasteiger partial charge in [0.1, 0.15) is 18.1 Å². The van der Waals surface area contributed by atoms with Gasteiger partial charge in [0.25, 0.3) is 0 Å². The standard InChI is InChI=1S/C33H49NO6/c1-33(2,40-20-19-36-4)23-25-7-13-31(29(21-25)27-9-11-28(37-5)12-10-27)39-24-26-8-14-32-30(22-26)34(16-18-38-32)15-6-17-35-3/h8-12,14,22,25,29,31H,6-7,13,15-21,23-24H2,1-5H3/t25-,29-,31+/m1/s1. The normalized spacial score (nSPS) is 21.1. The second-order valence-electron chi connectivity index (χ2n) is 11.7. The van der Waals surface area contributed by atoms with E-state index in [2.05, 4.69) is 61.2 Å². The third kappa shape index (κ3) is 8.59. The second kappa shape index (κ2) is 15.1. The molecule has 1 aliphatic carbocycles. The van der Waals surface area contributed by atoms with Gasteiger partial charge in [0.05, 0.1) is 50.9 Å². The number of hydrogen-bond acceptors (Lipinski definition) is 7. The number of methoxy groups -OCH3 is 3. The Kier molecular flexibility index (Phi) is 11.5. The van der Waals surface area contributed by atoms with E-state index >= 15 is 0 Å². The fourth-order valence-corrected chi connectivity index (χ4v) is 6.22.